The van der Waals surface area contributed by atoms with Crippen molar-refractivity contribution in [2.24, 2.45) is 0 Å². The summed E-state index contributed by atoms with van der Waals surface area (Å²) < 4.78 is 70.8. The Hall–Kier alpha value is -2.98. The molecule has 0 aliphatic rings. The SMILES string of the molecule is CC.CC.CCOC(=O)c1cn2c(ccc3c(=O)cc(C(F)(F)C(F)(F)F)[nH]c32)n1. The van der Waals surface area contributed by atoms with E-state index >= 15 is 0 Å². The summed E-state index contributed by atoms with van der Waals surface area (Å²) in [5.74, 6) is -6.06. The van der Waals surface area contributed by atoms with E-state index in [0.29, 0.717) is 0 Å². The summed E-state index contributed by atoms with van der Waals surface area (Å²) in [6.45, 7) is 9.62. The topological polar surface area (TPSA) is 76.5 Å². The zero-order valence-electron chi connectivity index (χ0n) is 17.0. The standard InChI is InChI=1S/C15H10F5N3O3.2C2H6/c1-2-26-13(25)8-6-23-11(21-8)4-3-7-9(24)5-10(22-12(7)23)14(16,17)15(18,19)20;2*1-2/h3-6H,2H2,1H3,(H,22,24);2*1-2H3. The van der Waals surface area contributed by atoms with Crippen LogP contribution in [0.1, 0.15) is 50.8 Å². The molecular weight excluding hydrogens is 413 g/mol. The van der Waals surface area contributed by atoms with Gasteiger partial charge in [-0.2, -0.15) is 22.0 Å². The van der Waals surface area contributed by atoms with Crippen LogP contribution in [0.5, 0.6) is 0 Å². The molecule has 0 radical (unpaired) electrons. The predicted molar refractivity (Wildman–Crippen MR) is 102 cm³/mol. The second-order valence-corrected chi connectivity index (χ2v) is 5.29. The van der Waals surface area contributed by atoms with E-state index in [4.69, 9.17) is 4.74 Å². The predicted octanol–water partition coefficient (Wildman–Crippen LogP) is 5.06. The van der Waals surface area contributed by atoms with Crippen LogP contribution < -0.4 is 5.43 Å². The number of rotatable bonds is 3. The van der Waals surface area contributed by atoms with Gasteiger partial charge in [0.1, 0.15) is 17.0 Å². The zero-order valence-corrected chi connectivity index (χ0v) is 17.0. The van der Waals surface area contributed by atoms with Crippen LogP contribution in [0.4, 0.5) is 22.0 Å². The Balaban J connectivity index is 0.00000106. The molecule has 3 aromatic rings. The smallest absolute Gasteiger partial charge is 0.459 e. The molecule has 0 fully saturated rings. The lowest BCUT2D eigenvalue weighted by molar-refractivity contribution is -0.290. The lowest BCUT2D eigenvalue weighted by atomic mass is 10.1. The van der Waals surface area contributed by atoms with Crippen molar-refractivity contribution >= 4 is 22.6 Å². The molecule has 3 rings (SSSR count). The van der Waals surface area contributed by atoms with E-state index in [-0.39, 0.29) is 35.0 Å². The maximum Gasteiger partial charge on any atom is 0.459 e. The number of carbonyl (C=O) groups excluding carboxylic acids is 1. The number of aromatic nitrogens is 3. The number of esters is 1. The van der Waals surface area contributed by atoms with Crippen molar-refractivity contribution in [1.82, 2.24) is 14.4 Å². The van der Waals surface area contributed by atoms with Crippen LogP contribution in [0.25, 0.3) is 16.7 Å². The van der Waals surface area contributed by atoms with E-state index in [9.17, 15) is 31.5 Å². The van der Waals surface area contributed by atoms with Crippen LogP contribution in [0.2, 0.25) is 0 Å². The molecule has 30 heavy (non-hydrogen) atoms. The van der Waals surface area contributed by atoms with Crippen molar-refractivity contribution < 1.29 is 31.5 Å². The van der Waals surface area contributed by atoms with Crippen molar-refractivity contribution in [2.45, 2.75) is 46.7 Å². The summed E-state index contributed by atoms with van der Waals surface area (Å²) >= 11 is 0. The number of fused-ring (bicyclic) bond motifs is 3. The number of aromatic amines is 1. The lowest BCUT2D eigenvalue weighted by Crippen LogP contribution is -2.35. The lowest BCUT2D eigenvalue weighted by Gasteiger charge is -2.19. The number of hydrogen-bond acceptors (Lipinski definition) is 4. The summed E-state index contributed by atoms with van der Waals surface area (Å²) in [5, 5.41) is -0.146. The molecule has 3 heterocycles. The van der Waals surface area contributed by atoms with E-state index < -0.39 is 29.2 Å². The Morgan fingerprint density at radius 2 is 1.73 bits per heavy atom. The monoisotopic (exact) mass is 435 g/mol. The van der Waals surface area contributed by atoms with Crippen molar-refractivity contribution in [3.63, 3.8) is 0 Å². The molecule has 6 nitrogen and oxygen atoms in total. The molecule has 0 aliphatic carbocycles. The molecule has 0 aromatic carbocycles. The Kier molecular flexibility index (Phi) is 8.09. The molecule has 3 aromatic heterocycles. The van der Waals surface area contributed by atoms with Crippen LogP contribution >= 0.6 is 0 Å². The van der Waals surface area contributed by atoms with Gasteiger partial charge in [-0.15, -0.1) is 0 Å². The Morgan fingerprint density at radius 3 is 2.27 bits per heavy atom. The summed E-state index contributed by atoms with van der Waals surface area (Å²) in [6.07, 6.45) is -4.80. The first-order valence-corrected chi connectivity index (χ1v) is 9.23. The number of nitrogens with zero attached hydrogens (tertiary/aromatic N) is 2. The van der Waals surface area contributed by atoms with Gasteiger partial charge in [-0.1, -0.05) is 27.7 Å². The highest BCUT2D eigenvalue weighted by atomic mass is 19.4. The van der Waals surface area contributed by atoms with Gasteiger partial charge in [0, 0.05) is 12.3 Å². The van der Waals surface area contributed by atoms with Crippen LogP contribution in [-0.4, -0.2) is 33.1 Å². The zero-order chi connectivity index (χ0) is 23.3. The van der Waals surface area contributed by atoms with Gasteiger partial charge in [-0.3, -0.25) is 9.20 Å². The minimum absolute atomic E-state index is 0.0590. The molecule has 166 valence electrons. The number of ether oxygens (including phenoxy) is 1. The first kappa shape index (κ1) is 25.1. The van der Waals surface area contributed by atoms with Crippen LogP contribution in [0, 0.1) is 0 Å². The number of halogens is 5. The van der Waals surface area contributed by atoms with Gasteiger partial charge in [-0.05, 0) is 19.1 Å². The van der Waals surface area contributed by atoms with E-state index in [2.05, 4.69) is 4.98 Å². The van der Waals surface area contributed by atoms with E-state index in [1.54, 1.807) is 6.92 Å². The summed E-state index contributed by atoms with van der Waals surface area (Å²) in [5.41, 5.74) is -3.12. The highest BCUT2D eigenvalue weighted by Gasteiger charge is 2.59. The summed E-state index contributed by atoms with van der Waals surface area (Å²) in [4.78, 5) is 29.6. The molecule has 0 unspecified atom stereocenters. The minimum Gasteiger partial charge on any atom is -0.461 e. The van der Waals surface area contributed by atoms with Crippen molar-refractivity contribution in [3.8, 4) is 0 Å². The first-order valence-electron chi connectivity index (χ1n) is 9.23. The highest BCUT2D eigenvalue weighted by molar-refractivity contribution is 5.89. The van der Waals surface area contributed by atoms with Crippen LogP contribution in [-0.2, 0) is 10.7 Å². The van der Waals surface area contributed by atoms with Crippen LogP contribution in [0.3, 0.4) is 0 Å². The highest BCUT2D eigenvalue weighted by Crippen LogP contribution is 2.42. The Bertz CT molecular complexity index is 1070. The maximum atomic E-state index is 13.6. The molecule has 0 aliphatic heterocycles. The molecular formula is C19H22F5N3O3. The third-order valence-electron chi connectivity index (χ3n) is 3.60. The third kappa shape index (κ3) is 4.60. The average Bonchev–Trinajstić information content (AvgIpc) is 3.15. The average molecular weight is 435 g/mol. The van der Waals surface area contributed by atoms with Crippen molar-refractivity contribution in [1.29, 1.82) is 0 Å². The first-order chi connectivity index (χ1) is 14.1. The van der Waals surface area contributed by atoms with Crippen molar-refractivity contribution in [2.75, 3.05) is 6.61 Å². The van der Waals surface area contributed by atoms with Gasteiger partial charge >= 0.3 is 18.1 Å². The van der Waals surface area contributed by atoms with E-state index in [0.717, 1.165) is 10.6 Å². The van der Waals surface area contributed by atoms with E-state index in [1.807, 2.05) is 32.7 Å². The van der Waals surface area contributed by atoms with Crippen LogP contribution in [0.15, 0.2) is 29.2 Å². The fraction of sp³-hybridized carbons (Fsp3) is 0.421. The number of pyridine rings is 2. The Morgan fingerprint density at radius 1 is 1.13 bits per heavy atom. The largest absolute Gasteiger partial charge is 0.461 e. The fourth-order valence-electron chi connectivity index (χ4n) is 2.38. The molecule has 0 saturated carbocycles. The second kappa shape index (κ2) is 9.68. The molecule has 0 saturated heterocycles. The maximum absolute atomic E-state index is 13.6. The number of carbonyl (C=O) groups is 1. The Labute approximate surface area is 168 Å². The third-order valence-corrected chi connectivity index (χ3v) is 3.60. The molecule has 11 heteroatoms. The molecule has 1 N–H and O–H groups in total. The van der Waals surface area contributed by atoms with Gasteiger partial charge in [0.05, 0.1) is 12.0 Å². The summed E-state index contributed by atoms with van der Waals surface area (Å²) in [6, 6.07) is 2.73. The number of nitrogens with one attached hydrogen (secondary N) is 1. The summed E-state index contributed by atoms with van der Waals surface area (Å²) in [7, 11) is 0. The van der Waals surface area contributed by atoms with Gasteiger partial charge < -0.3 is 9.72 Å². The van der Waals surface area contributed by atoms with Gasteiger partial charge in [0.2, 0.25) is 0 Å². The molecule has 0 spiro atoms. The van der Waals surface area contributed by atoms with Gasteiger partial charge in [-0.25, -0.2) is 9.78 Å². The molecule has 0 amide bonds. The quantitative estimate of drug-likeness (QED) is 0.461. The number of imidazole rings is 1. The van der Waals surface area contributed by atoms with Gasteiger partial charge in [0.25, 0.3) is 0 Å². The second-order valence-electron chi connectivity index (χ2n) is 5.29. The normalized spacial score (nSPS) is 11.4. The van der Waals surface area contributed by atoms with E-state index in [1.165, 1.54) is 12.1 Å². The van der Waals surface area contributed by atoms with Crippen molar-refractivity contribution in [3.05, 3.63) is 46.0 Å². The number of H-pyrrole nitrogens is 1. The fourth-order valence-corrected chi connectivity index (χ4v) is 2.38. The molecule has 0 bridgehead atoms. The number of hydrogen-bond donors (Lipinski definition) is 1. The number of alkyl halides is 5. The minimum atomic E-state index is -5.89. The van der Waals surface area contributed by atoms with Gasteiger partial charge in [0.15, 0.2) is 11.1 Å². The molecule has 0 atom stereocenters.